The molecule has 3 aromatic rings. The van der Waals surface area contributed by atoms with E-state index in [4.69, 9.17) is 32.7 Å². The Morgan fingerprint density at radius 1 is 1.08 bits per heavy atom. The number of para-hydroxylation sites is 2. The summed E-state index contributed by atoms with van der Waals surface area (Å²) in [5, 5.41) is 0.656. The predicted molar refractivity (Wildman–Crippen MR) is 137 cm³/mol. The van der Waals surface area contributed by atoms with E-state index < -0.39 is 11.7 Å². The van der Waals surface area contributed by atoms with Gasteiger partial charge in [-0.05, 0) is 43.7 Å². The average Bonchev–Trinajstić information content (AvgIpc) is 2.87. The van der Waals surface area contributed by atoms with Gasteiger partial charge in [0.15, 0.2) is 0 Å². The fourth-order valence-electron chi connectivity index (χ4n) is 3.98. The van der Waals surface area contributed by atoms with Crippen LogP contribution in [0.2, 0.25) is 10.0 Å². The zero-order valence-corrected chi connectivity index (χ0v) is 21.1. The Bertz CT molecular complexity index is 1270. The highest BCUT2D eigenvalue weighted by atomic mass is 35.5. The first-order valence-electron chi connectivity index (χ1n) is 11.5. The number of esters is 1. The van der Waals surface area contributed by atoms with Gasteiger partial charge in [-0.2, -0.15) is 0 Å². The normalized spacial score (nSPS) is 12.8. The Kier molecular flexibility index (Phi) is 8.28. The first-order chi connectivity index (χ1) is 17.4. The van der Waals surface area contributed by atoms with Gasteiger partial charge < -0.3 is 19.3 Å². The van der Waals surface area contributed by atoms with Crippen molar-refractivity contribution in [1.82, 2.24) is 4.98 Å². The molecule has 4 rings (SSSR count). The monoisotopic (exact) mass is 531 g/mol. The number of anilines is 2. The standard InChI is InChI=1S/C26H24Cl2FN3O4/c1-2-35-24(33)8-5-11-31-12-13-32(22-7-4-3-6-21(22)31)26(34)19-15-18(29)16-30-25(19)36-23-14-17(27)9-10-20(23)28/h3-4,6-7,9-10,14-16H,2,5,8,11-13H2,1H3. The van der Waals surface area contributed by atoms with E-state index in [1.165, 1.54) is 6.07 Å². The zero-order valence-electron chi connectivity index (χ0n) is 19.5. The van der Waals surface area contributed by atoms with Crippen molar-refractivity contribution < 1.29 is 23.5 Å². The van der Waals surface area contributed by atoms with Crippen molar-refractivity contribution in [2.24, 2.45) is 0 Å². The van der Waals surface area contributed by atoms with E-state index >= 15 is 0 Å². The number of nitrogens with zero attached hydrogens (tertiary/aromatic N) is 3. The van der Waals surface area contributed by atoms with Crippen LogP contribution >= 0.6 is 23.2 Å². The number of ether oxygens (including phenoxy) is 2. The maximum absolute atomic E-state index is 14.2. The Morgan fingerprint density at radius 2 is 1.86 bits per heavy atom. The fraction of sp³-hybridized carbons (Fsp3) is 0.269. The number of benzene rings is 2. The lowest BCUT2D eigenvalue weighted by Gasteiger charge is -2.38. The van der Waals surface area contributed by atoms with Crippen molar-refractivity contribution in [3.63, 3.8) is 0 Å². The van der Waals surface area contributed by atoms with Crippen LogP contribution < -0.4 is 14.5 Å². The van der Waals surface area contributed by atoms with Crippen LogP contribution in [0.25, 0.3) is 0 Å². The summed E-state index contributed by atoms with van der Waals surface area (Å²) in [4.78, 5) is 33.0. The molecule has 0 saturated heterocycles. The number of pyridine rings is 1. The van der Waals surface area contributed by atoms with Gasteiger partial charge in [0, 0.05) is 37.1 Å². The molecule has 1 aliphatic rings. The fourth-order valence-corrected chi connectivity index (χ4v) is 4.30. The van der Waals surface area contributed by atoms with Crippen molar-refractivity contribution in [2.75, 3.05) is 36.0 Å². The molecule has 10 heteroatoms. The first-order valence-corrected chi connectivity index (χ1v) is 12.2. The maximum Gasteiger partial charge on any atom is 0.305 e. The minimum Gasteiger partial charge on any atom is -0.466 e. The smallest absolute Gasteiger partial charge is 0.305 e. The maximum atomic E-state index is 14.2. The lowest BCUT2D eigenvalue weighted by atomic mass is 10.1. The Labute approximate surface area is 218 Å². The molecule has 36 heavy (non-hydrogen) atoms. The quantitative estimate of drug-likeness (QED) is 0.325. The van der Waals surface area contributed by atoms with Crippen molar-refractivity contribution in [1.29, 1.82) is 0 Å². The van der Waals surface area contributed by atoms with Crippen LogP contribution in [0.5, 0.6) is 11.6 Å². The van der Waals surface area contributed by atoms with Crippen molar-refractivity contribution in [3.05, 3.63) is 76.2 Å². The van der Waals surface area contributed by atoms with Gasteiger partial charge in [-0.1, -0.05) is 35.3 Å². The summed E-state index contributed by atoms with van der Waals surface area (Å²) < 4.78 is 25.0. The molecule has 0 saturated carbocycles. The molecule has 0 atom stereocenters. The highest BCUT2D eigenvalue weighted by molar-refractivity contribution is 6.34. The summed E-state index contributed by atoms with van der Waals surface area (Å²) in [5.74, 6) is -1.25. The van der Waals surface area contributed by atoms with Gasteiger partial charge in [-0.25, -0.2) is 9.37 Å². The van der Waals surface area contributed by atoms with Crippen LogP contribution in [0.1, 0.15) is 30.1 Å². The molecule has 1 aliphatic heterocycles. The molecule has 2 aromatic carbocycles. The SMILES string of the molecule is CCOC(=O)CCCN1CCN(C(=O)c2cc(F)cnc2Oc2cc(Cl)ccc2Cl)c2ccccc21. The molecule has 188 valence electrons. The summed E-state index contributed by atoms with van der Waals surface area (Å²) in [7, 11) is 0. The van der Waals surface area contributed by atoms with E-state index in [1.54, 1.807) is 24.0 Å². The molecule has 0 unspecified atom stereocenters. The molecule has 1 aromatic heterocycles. The average molecular weight is 532 g/mol. The largest absolute Gasteiger partial charge is 0.466 e. The van der Waals surface area contributed by atoms with Crippen LogP contribution in [0.15, 0.2) is 54.7 Å². The third kappa shape index (κ3) is 5.88. The van der Waals surface area contributed by atoms with E-state index in [1.807, 2.05) is 24.3 Å². The third-order valence-electron chi connectivity index (χ3n) is 5.61. The molecule has 7 nitrogen and oxygen atoms in total. The second-order valence-electron chi connectivity index (χ2n) is 8.02. The van der Waals surface area contributed by atoms with Gasteiger partial charge in [-0.3, -0.25) is 9.59 Å². The highest BCUT2D eigenvalue weighted by Crippen LogP contribution is 2.37. The van der Waals surface area contributed by atoms with E-state index in [-0.39, 0.29) is 28.2 Å². The second kappa shape index (κ2) is 11.6. The first kappa shape index (κ1) is 25.7. The number of rotatable bonds is 8. The lowest BCUT2D eigenvalue weighted by molar-refractivity contribution is -0.143. The van der Waals surface area contributed by atoms with E-state index in [0.717, 1.165) is 18.0 Å². The van der Waals surface area contributed by atoms with Crippen LogP contribution in [0.3, 0.4) is 0 Å². The van der Waals surface area contributed by atoms with Crippen molar-refractivity contribution in [3.8, 4) is 11.6 Å². The van der Waals surface area contributed by atoms with Gasteiger partial charge >= 0.3 is 5.97 Å². The lowest BCUT2D eigenvalue weighted by Crippen LogP contribution is -2.44. The molecule has 0 radical (unpaired) electrons. The van der Waals surface area contributed by atoms with Crippen molar-refractivity contribution in [2.45, 2.75) is 19.8 Å². The Hall–Kier alpha value is -3.36. The van der Waals surface area contributed by atoms with Crippen LogP contribution in [-0.2, 0) is 9.53 Å². The number of aromatic nitrogens is 1. The molecular formula is C26H24Cl2FN3O4. The van der Waals surface area contributed by atoms with E-state index in [9.17, 15) is 14.0 Å². The number of carbonyl (C=O) groups is 2. The highest BCUT2D eigenvalue weighted by Gasteiger charge is 2.30. The summed E-state index contributed by atoms with van der Waals surface area (Å²) >= 11 is 12.3. The summed E-state index contributed by atoms with van der Waals surface area (Å²) in [6.07, 6.45) is 1.91. The molecule has 2 heterocycles. The van der Waals surface area contributed by atoms with E-state index in [0.29, 0.717) is 49.8 Å². The molecule has 0 fully saturated rings. The summed E-state index contributed by atoms with van der Waals surface area (Å²) in [6, 6.07) is 13.2. The minimum atomic E-state index is -0.672. The van der Waals surface area contributed by atoms with E-state index in [2.05, 4.69) is 9.88 Å². The summed E-state index contributed by atoms with van der Waals surface area (Å²) in [6.45, 7) is 3.64. The van der Waals surface area contributed by atoms with Crippen LogP contribution in [0, 0.1) is 5.82 Å². The van der Waals surface area contributed by atoms with Crippen LogP contribution in [0.4, 0.5) is 15.8 Å². The van der Waals surface area contributed by atoms with Gasteiger partial charge in [-0.15, -0.1) is 0 Å². The molecule has 0 bridgehead atoms. The second-order valence-corrected chi connectivity index (χ2v) is 8.87. The van der Waals surface area contributed by atoms with Gasteiger partial charge in [0.2, 0.25) is 5.88 Å². The Morgan fingerprint density at radius 3 is 2.64 bits per heavy atom. The molecule has 1 amide bonds. The number of carbonyl (C=O) groups excluding carboxylic acids is 2. The van der Waals surface area contributed by atoms with Gasteiger partial charge in [0.25, 0.3) is 5.91 Å². The number of amides is 1. The third-order valence-corrected chi connectivity index (χ3v) is 6.16. The zero-order chi connectivity index (χ0) is 25.7. The number of hydrogen-bond acceptors (Lipinski definition) is 6. The topological polar surface area (TPSA) is 72.0 Å². The molecule has 0 aliphatic carbocycles. The predicted octanol–water partition coefficient (Wildman–Crippen LogP) is 6.13. The number of hydrogen-bond donors (Lipinski definition) is 0. The number of fused-ring (bicyclic) bond motifs is 1. The minimum absolute atomic E-state index is 0.0448. The van der Waals surface area contributed by atoms with Crippen molar-refractivity contribution >= 4 is 46.5 Å². The molecule has 0 N–H and O–H groups in total. The van der Waals surface area contributed by atoms with Gasteiger partial charge in [0.05, 0.1) is 29.2 Å². The molecular weight excluding hydrogens is 508 g/mol. The Balaban J connectivity index is 1.58. The summed E-state index contributed by atoms with van der Waals surface area (Å²) in [5.41, 5.74) is 1.46. The van der Waals surface area contributed by atoms with Gasteiger partial charge in [0.1, 0.15) is 17.1 Å². The number of halogens is 3. The molecule has 0 spiro atoms. The van der Waals surface area contributed by atoms with Crippen LogP contribution in [-0.4, -0.2) is 43.1 Å².